The molecule has 3 heteroatoms. The normalized spacial score (nSPS) is 15.3. The zero-order valence-electron chi connectivity index (χ0n) is 12.8. The lowest BCUT2D eigenvalue weighted by molar-refractivity contribution is 0.0563. The van der Waals surface area contributed by atoms with Crippen molar-refractivity contribution in [2.75, 3.05) is 0 Å². The van der Waals surface area contributed by atoms with Gasteiger partial charge in [-0.2, -0.15) is 0 Å². The lowest BCUT2D eigenvalue weighted by Crippen LogP contribution is -2.34. The van der Waals surface area contributed by atoms with Gasteiger partial charge in [0.2, 0.25) is 0 Å². The smallest absolute Gasteiger partial charge is 0.262 e. The molecule has 1 aliphatic heterocycles. The van der Waals surface area contributed by atoms with E-state index in [9.17, 15) is 9.59 Å². The third-order valence-corrected chi connectivity index (χ3v) is 4.02. The predicted molar refractivity (Wildman–Crippen MR) is 85.6 cm³/mol. The number of nitrogens with zero attached hydrogens (tertiary/aromatic N) is 1. The summed E-state index contributed by atoms with van der Waals surface area (Å²) in [5.74, 6) is 0.0136. The van der Waals surface area contributed by atoms with Crippen LogP contribution in [0.3, 0.4) is 0 Å². The molecule has 0 radical (unpaired) electrons. The Morgan fingerprint density at radius 3 is 1.82 bits per heavy atom. The number of carbonyl (C=O) groups is 2. The summed E-state index contributed by atoms with van der Waals surface area (Å²) >= 11 is 0. The van der Waals surface area contributed by atoms with Crippen LogP contribution in [0, 0.1) is 5.92 Å². The van der Waals surface area contributed by atoms with Crippen LogP contribution >= 0.6 is 0 Å². The predicted octanol–water partition coefficient (Wildman–Crippen LogP) is 4.07. The van der Waals surface area contributed by atoms with Crippen LogP contribution in [0.25, 0.3) is 0 Å². The van der Waals surface area contributed by atoms with E-state index in [1.807, 2.05) is 30.3 Å². The molecule has 0 bridgehead atoms. The van der Waals surface area contributed by atoms with Crippen LogP contribution in [0.4, 0.5) is 0 Å². The molecule has 1 aliphatic rings. The molecule has 0 spiro atoms. The number of rotatable bonds is 4. The summed E-state index contributed by atoms with van der Waals surface area (Å²) in [6, 6.07) is 16.6. The van der Waals surface area contributed by atoms with Gasteiger partial charge in [-0.15, -0.1) is 0 Å². The monoisotopic (exact) mass is 293 g/mol. The van der Waals surface area contributed by atoms with Gasteiger partial charge in [0.15, 0.2) is 0 Å². The molecular formula is C19H19NO2. The second kappa shape index (κ2) is 5.76. The molecule has 1 unspecified atom stereocenters. The Kier molecular flexibility index (Phi) is 3.80. The molecule has 3 rings (SSSR count). The van der Waals surface area contributed by atoms with Crippen LogP contribution in [-0.2, 0) is 0 Å². The zero-order chi connectivity index (χ0) is 15.7. The molecule has 0 aliphatic carbocycles. The molecular weight excluding hydrogens is 274 g/mol. The Bertz CT molecular complexity index is 671. The Hall–Kier alpha value is -2.42. The first-order valence-electron chi connectivity index (χ1n) is 7.61. The molecule has 0 saturated heterocycles. The van der Waals surface area contributed by atoms with Gasteiger partial charge in [0.05, 0.1) is 17.2 Å². The minimum absolute atomic E-state index is 0.185. The number of hydrogen-bond donors (Lipinski definition) is 0. The van der Waals surface area contributed by atoms with Crippen LogP contribution < -0.4 is 0 Å². The minimum atomic E-state index is -0.214. The first-order chi connectivity index (χ1) is 10.6. The van der Waals surface area contributed by atoms with Crippen molar-refractivity contribution >= 4 is 11.8 Å². The molecule has 2 aromatic carbocycles. The molecule has 2 amide bonds. The average molecular weight is 293 g/mol. The number of hydrogen-bond acceptors (Lipinski definition) is 2. The van der Waals surface area contributed by atoms with Crippen LogP contribution in [0.5, 0.6) is 0 Å². The highest BCUT2D eigenvalue weighted by atomic mass is 16.2. The van der Waals surface area contributed by atoms with Gasteiger partial charge < -0.3 is 0 Å². The van der Waals surface area contributed by atoms with Gasteiger partial charge in [0, 0.05) is 0 Å². The lowest BCUT2D eigenvalue weighted by atomic mass is 9.95. The number of carbonyl (C=O) groups excluding carboxylic acids is 2. The van der Waals surface area contributed by atoms with E-state index in [4.69, 9.17) is 0 Å². The molecule has 112 valence electrons. The van der Waals surface area contributed by atoms with E-state index in [1.54, 1.807) is 24.3 Å². The fourth-order valence-corrected chi connectivity index (χ4v) is 3.00. The molecule has 1 atom stereocenters. The van der Waals surface area contributed by atoms with E-state index in [-0.39, 0.29) is 17.9 Å². The maximum Gasteiger partial charge on any atom is 0.262 e. The second-order valence-electron chi connectivity index (χ2n) is 6.08. The first kappa shape index (κ1) is 14.5. The quantitative estimate of drug-likeness (QED) is 0.797. The van der Waals surface area contributed by atoms with Gasteiger partial charge >= 0.3 is 0 Å². The van der Waals surface area contributed by atoms with E-state index < -0.39 is 0 Å². The van der Waals surface area contributed by atoms with E-state index in [0.717, 1.165) is 12.0 Å². The number of fused-ring (bicyclic) bond motifs is 1. The highest BCUT2D eigenvalue weighted by molar-refractivity contribution is 6.21. The van der Waals surface area contributed by atoms with Crippen molar-refractivity contribution in [2.24, 2.45) is 5.92 Å². The maximum absolute atomic E-state index is 12.7. The summed E-state index contributed by atoms with van der Waals surface area (Å²) in [7, 11) is 0. The largest absolute Gasteiger partial charge is 0.269 e. The van der Waals surface area contributed by atoms with Gasteiger partial charge in [-0.3, -0.25) is 14.5 Å². The van der Waals surface area contributed by atoms with Gasteiger partial charge in [-0.1, -0.05) is 56.3 Å². The van der Waals surface area contributed by atoms with E-state index in [1.165, 1.54) is 4.90 Å². The Balaban J connectivity index is 2.03. The number of amides is 2. The van der Waals surface area contributed by atoms with E-state index in [0.29, 0.717) is 17.0 Å². The van der Waals surface area contributed by atoms with Gasteiger partial charge in [0.25, 0.3) is 11.8 Å². The van der Waals surface area contributed by atoms with E-state index in [2.05, 4.69) is 13.8 Å². The SMILES string of the molecule is CC(C)CC(c1ccccc1)N1C(=O)c2ccccc2C1=O. The standard InChI is InChI=1S/C19H19NO2/c1-13(2)12-17(14-8-4-3-5-9-14)20-18(21)15-10-6-7-11-16(15)19(20)22/h3-11,13,17H,12H2,1-2H3. The Morgan fingerprint density at radius 2 is 1.32 bits per heavy atom. The highest BCUT2D eigenvalue weighted by Crippen LogP contribution is 2.34. The molecule has 0 saturated carbocycles. The molecule has 0 fully saturated rings. The van der Waals surface area contributed by atoms with Gasteiger partial charge in [-0.25, -0.2) is 0 Å². The lowest BCUT2D eigenvalue weighted by Gasteiger charge is -2.28. The summed E-state index contributed by atoms with van der Waals surface area (Å²) in [6.07, 6.45) is 0.759. The van der Waals surface area contributed by atoms with Crippen LogP contribution in [0.2, 0.25) is 0 Å². The summed E-state index contributed by atoms with van der Waals surface area (Å²) in [5.41, 5.74) is 2.03. The summed E-state index contributed by atoms with van der Waals surface area (Å²) in [4.78, 5) is 26.8. The van der Waals surface area contributed by atoms with Crippen molar-refractivity contribution in [1.82, 2.24) is 4.90 Å². The summed E-state index contributed by atoms with van der Waals surface area (Å²) in [5, 5.41) is 0. The summed E-state index contributed by atoms with van der Waals surface area (Å²) < 4.78 is 0. The highest BCUT2D eigenvalue weighted by Gasteiger charge is 2.40. The summed E-state index contributed by atoms with van der Waals surface area (Å²) in [6.45, 7) is 4.21. The average Bonchev–Trinajstić information content (AvgIpc) is 2.78. The van der Waals surface area contributed by atoms with Gasteiger partial charge in [0.1, 0.15) is 0 Å². The van der Waals surface area contributed by atoms with Crippen molar-refractivity contribution in [1.29, 1.82) is 0 Å². The van der Waals surface area contributed by atoms with E-state index >= 15 is 0 Å². The van der Waals surface area contributed by atoms with Crippen LogP contribution in [0.15, 0.2) is 54.6 Å². The van der Waals surface area contributed by atoms with Crippen molar-refractivity contribution < 1.29 is 9.59 Å². The van der Waals surface area contributed by atoms with Crippen molar-refractivity contribution in [2.45, 2.75) is 26.3 Å². The zero-order valence-corrected chi connectivity index (χ0v) is 12.8. The van der Waals surface area contributed by atoms with Crippen molar-refractivity contribution in [3.63, 3.8) is 0 Å². The Labute approximate surface area is 130 Å². The number of imide groups is 1. The third kappa shape index (κ3) is 2.43. The van der Waals surface area contributed by atoms with Crippen LogP contribution in [-0.4, -0.2) is 16.7 Å². The van der Waals surface area contributed by atoms with Crippen molar-refractivity contribution in [3.05, 3.63) is 71.3 Å². The second-order valence-corrected chi connectivity index (χ2v) is 6.08. The third-order valence-electron chi connectivity index (χ3n) is 4.02. The first-order valence-corrected chi connectivity index (χ1v) is 7.61. The molecule has 1 heterocycles. The fraction of sp³-hybridized carbons (Fsp3) is 0.263. The molecule has 2 aromatic rings. The Morgan fingerprint density at radius 1 is 0.818 bits per heavy atom. The number of benzene rings is 2. The van der Waals surface area contributed by atoms with Crippen LogP contribution in [0.1, 0.15) is 52.6 Å². The molecule has 0 N–H and O–H groups in total. The molecule has 22 heavy (non-hydrogen) atoms. The topological polar surface area (TPSA) is 37.4 Å². The van der Waals surface area contributed by atoms with Gasteiger partial charge in [-0.05, 0) is 30.0 Å². The minimum Gasteiger partial charge on any atom is -0.269 e. The molecule has 0 aromatic heterocycles. The fourth-order valence-electron chi connectivity index (χ4n) is 3.00. The van der Waals surface area contributed by atoms with Crippen molar-refractivity contribution in [3.8, 4) is 0 Å². The molecule has 3 nitrogen and oxygen atoms in total. The maximum atomic E-state index is 12.7.